The average Bonchev–Trinajstić information content (AvgIpc) is 2.68. The van der Waals surface area contributed by atoms with Crippen molar-refractivity contribution in [3.05, 3.63) is 59.0 Å². The van der Waals surface area contributed by atoms with E-state index in [9.17, 15) is 4.39 Å². The van der Waals surface area contributed by atoms with Gasteiger partial charge in [-0.1, -0.05) is 6.07 Å². The molecule has 4 rings (SSSR count). The second-order valence-electron chi connectivity index (χ2n) is 6.63. The highest BCUT2D eigenvalue weighted by atomic mass is 19.1. The largest absolute Gasteiger partial charge is 0.490 e. The molecule has 2 heterocycles. The summed E-state index contributed by atoms with van der Waals surface area (Å²) in [7, 11) is 0. The van der Waals surface area contributed by atoms with Gasteiger partial charge in [0.25, 0.3) is 0 Å². The van der Waals surface area contributed by atoms with Crippen LogP contribution in [-0.4, -0.2) is 19.2 Å². The number of nitrogens with zero attached hydrogens (tertiary/aromatic N) is 1. The van der Waals surface area contributed by atoms with Crippen LogP contribution in [0, 0.1) is 17.1 Å². The van der Waals surface area contributed by atoms with E-state index in [1.165, 1.54) is 12.1 Å². The number of rotatable bonds is 3. The van der Waals surface area contributed by atoms with E-state index in [2.05, 4.69) is 10.6 Å². The van der Waals surface area contributed by atoms with Gasteiger partial charge in [-0.3, -0.25) is 0 Å². The third kappa shape index (κ3) is 3.29. The number of ether oxygens (including phenoxy) is 1. The van der Waals surface area contributed by atoms with E-state index in [1.807, 2.05) is 30.5 Å². The van der Waals surface area contributed by atoms with Gasteiger partial charge in [0.1, 0.15) is 23.7 Å². The van der Waals surface area contributed by atoms with Crippen molar-refractivity contribution in [1.82, 2.24) is 10.6 Å². The summed E-state index contributed by atoms with van der Waals surface area (Å²) in [5.41, 5.74) is 3.90. The van der Waals surface area contributed by atoms with Crippen LogP contribution >= 0.6 is 0 Å². The Morgan fingerprint density at radius 2 is 1.96 bits per heavy atom. The van der Waals surface area contributed by atoms with Crippen molar-refractivity contribution in [3.8, 4) is 22.9 Å². The monoisotopic (exact) mass is 349 g/mol. The van der Waals surface area contributed by atoms with E-state index in [0.717, 1.165) is 53.9 Å². The molecule has 2 aromatic carbocycles. The van der Waals surface area contributed by atoms with Crippen molar-refractivity contribution < 1.29 is 9.13 Å². The van der Waals surface area contributed by atoms with Gasteiger partial charge in [-0.05, 0) is 79.2 Å². The second kappa shape index (κ2) is 7.19. The molecule has 132 valence electrons. The van der Waals surface area contributed by atoms with E-state index in [0.29, 0.717) is 6.54 Å². The van der Waals surface area contributed by atoms with Crippen molar-refractivity contribution in [3.63, 3.8) is 0 Å². The lowest BCUT2D eigenvalue weighted by Gasteiger charge is -2.27. The predicted octanol–water partition coefficient (Wildman–Crippen LogP) is 3.57. The van der Waals surface area contributed by atoms with Crippen molar-refractivity contribution in [2.75, 3.05) is 13.1 Å². The molecule has 0 atom stereocenters. The third-order valence-corrected chi connectivity index (χ3v) is 4.91. The Hall–Kier alpha value is -2.84. The number of nitrogens with one attached hydrogen (secondary N) is 2. The molecule has 0 saturated carbocycles. The average molecular weight is 349 g/mol. The summed E-state index contributed by atoms with van der Waals surface area (Å²) in [6.45, 7) is 2.64. The number of hydrogen-bond acceptors (Lipinski definition) is 4. The summed E-state index contributed by atoms with van der Waals surface area (Å²) >= 11 is 0. The highest BCUT2D eigenvalue weighted by molar-refractivity contribution is 5.73. The molecule has 2 aliphatic heterocycles. The Balaban J connectivity index is 1.74. The molecule has 5 heteroatoms. The van der Waals surface area contributed by atoms with E-state index in [4.69, 9.17) is 10.00 Å². The van der Waals surface area contributed by atoms with Crippen LogP contribution in [0.3, 0.4) is 0 Å². The fourth-order valence-corrected chi connectivity index (χ4v) is 3.46. The molecular formula is C21H20FN3O. The summed E-state index contributed by atoms with van der Waals surface area (Å²) in [6, 6.07) is 10.6. The van der Waals surface area contributed by atoms with Crippen molar-refractivity contribution in [2.24, 2.45) is 0 Å². The summed E-state index contributed by atoms with van der Waals surface area (Å²) in [6.07, 6.45) is 6.08. The molecule has 2 aromatic rings. The number of benzene rings is 2. The minimum absolute atomic E-state index is 0.0574. The zero-order valence-electron chi connectivity index (χ0n) is 14.4. The van der Waals surface area contributed by atoms with Gasteiger partial charge in [-0.2, -0.15) is 5.26 Å². The predicted molar refractivity (Wildman–Crippen MR) is 98.9 cm³/mol. The Labute approximate surface area is 152 Å². The van der Waals surface area contributed by atoms with Gasteiger partial charge >= 0.3 is 0 Å². The first-order valence-electron chi connectivity index (χ1n) is 8.89. The molecule has 4 nitrogen and oxygen atoms in total. The SMILES string of the molecule is N#Cc1ccc(-c2cc3c(c(OC4CCNCC4)c2)CNC=C3)cc1F. The summed E-state index contributed by atoms with van der Waals surface area (Å²) in [4.78, 5) is 0. The normalized spacial score (nSPS) is 16.5. The first-order chi connectivity index (χ1) is 12.7. The van der Waals surface area contributed by atoms with Gasteiger partial charge in [0.15, 0.2) is 0 Å². The molecule has 26 heavy (non-hydrogen) atoms. The molecule has 2 N–H and O–H groups in total. The number of halogens is 1. The molecule has 0 unspecified atom stereocenters. The zero-order valence-corrected chi connectivity index (χ0v) is 14.4. The maximum Gasteiger partial charge on any atom is 0.141 e. The molecule has 2 aliphatic rings. The van der Waals surface area contributed by atoms with Crippen LogP contribution in [0.4, 0.5) is 4.39 Å². The van der Waals surface area contributed by atoms with Gasteiger partial charge in [0.05, 0.1) is 5.56 Å². The van der Waals surface area contributed by atoms with Crippen molar-refractivity contribution >= 4 is 6.08 Å². The summed E-state index contributed by atoms with van der Waals surface area (Å²) < 4.78 is 20.4. The molecular weight excluding hydrogens is 329 g/mol. The Morgan fingerprint density at radius 1 is 1.12 bits per heavy atom. The Bertz CT molecular complexity index is 895. The lowest BCUT2D eigenvalue weighted by Crippen LogP contribution is -2.34. The fraction of sp³-hybridized carbons (Fsp3) is 0.286. The number of nitriles is 1. The Morgan fingerprint density at radius 3 is 2.73 bits per heavy atom. The lowest BCUT2D eigenvalue weighted by atomic mass is 9.95. The molecule has 0 spiro atoms. The number of piperidine rings is 1. The number of hydrogen-bond donors (Lipinski definition) is 2. The van der Waals surface area contributed by atoms with Crippen LogP contribution < -0.4 is 15.4 Å². The van der Waals surface area contributed by atoms with Gasteiger partial charge in [0.2, 0.25) is 0 Å². The highest BCUT2D eigenvalue weighted by Crippen LogP contribution is 2.34. The van der Waals surface area contributed by atoms with Gasteiger partial charge in [0, 0.05) is 12.1 Å². The van der Waals surface area contributed by atoms with E-state index in [1.54, 1.807) is 6.07 Å². The standard InChI is InChI=1S/C21H20FN3O/c22-20-10-14(1-2-16(20)12-23)17-9-15-3-6-25-13-19(15)21(11-17)26-18-4-7-24-8-5-18/h1-3,6,9-11,18,24-25H,4-5,7-8,13H2. The third-order valence-electron chi connectivity index (χ3n) is 4.91. The van der Waals surface area contributed by atoms with Crippen LogP contribution in [0.25, 0.3) is 17.2 Å². The first-order valence-corrected chi connectivity index (χ1v) is 8.89. The van der Waals surface area contributed by atoms with E-state index < -0.39 is 5.82 Å². The highest BCUT2D eigenvalue weighted by Gasteiger charge is 2.19. The number of fused-ring (bicyclic) bond motifs is 1. The molecule has 0 radical (unpaired) electrons. The van der Waals surface area contributed by atoms with Crippen molar-refractivity contribution in [1.29, 1.82) is 5.26 Å². The summed E-state index contributed by atoms with van der Waals surface area (Å²) in [5.74, 6) is 0.353. The molecule has 1 fully saturated rings. The minimum Gasteiger partial charge on any atom is -0.490 e. The lowest BCUT2D eigenvalue weighted by molar-refractivity contribution is 0.161. The molecule has 0 aliphatic carbocycles. The maximum absolute atomic E-state index is 14.1. The van der Waals surface area contributed by atoms with Crippen LogP contribution in [0.1, 0.15) is 29.5 Å². The summed E-state index contributed by atoms with van der Waals surface area (Å²) in [5, 5.41) is 15.5. The quantitative estimate of drug-likeness (QED) is 0.889. The van der Waals surface area contributed by atoms with Crippen LogP contribution in [0.15, 0.2) is 36.5 Å². The van der Waals surface area contributed by atoms with Crippen molar-refractivity contribution in [2.45, 2.75) is 25.5 Å². The van der Waals surface area contributed by atoms with Gasteiger partial charge in [-0.25, -0.2) is 4.39 Å². The Kier molecular flexibility index (Phi) is 4.59. The zero-order chi connectivity index (χ0) is 17.9. The first kappa shape index (κ1) is 16.6. The molecule has 1 saturated heterocycles. The van der Waals surface area contributed by atoms with Crippen LogP contribution in [-0.2, 0) is 6.54 Å². The topological polar surface area (TPSA) is 57.1 Å². The van der Waals surface area contributed by atoms with E-state index >= 15 is 0 Å². The molecule has 0 amide bonds. The molecule has 0 aromatic heterocycles. The smallest absolute Gasteiger partial charge is 0.141 e. The second-order valence-corrected chi connectivity index (χ2v) is 6.63. The van der Waals surface area contributed by atoms with Gasteiger partial charge < -0.3 is 15.4 Å². The minimum atomic E-state index is -0.499. The van der Waals surface area contributed by atoms with E-state index in [-0.39, 0.29) is 11.7 Å². The van der Waals surface area contributed by atoms with Gasteiger partial charge in [-0.15, -0.1) is 0 Å². The van der Waals surface area contributed by atoms with Crippen LogP contribution in [0.5, 0.6) is 5.75 Å². The van der Waals surface area contributed by atoms with Crippen LogP contribution in [0.2, 0.25) is 0 Å². The fourth-order valence-electron chi connectivity index (χ4n) is 3.46. The maximum atomic E-state index is 14.1. The molecule has 0 bridgehead atoms.